The molecular formula is C29H31N3O3. The third-order valence-electron chi connectivity index (χ3n) is 6.66. The van der Waals surface area contributed by atoms with Crippen LogP contribution in [0.2, 0.25) is 0 Å². The van der Waals surface area contributed by atoms with Gasteiger partial charge in [0.1, 0.15) is 13.2 Å². The topological polar surface area (TPSA) is 63.2 Å². The van der Waals surface area contributed by atoms with Crippen molar-refractivity contribution < 1.29 is 14.3 Å². The minimum absolute atomic E-state index is 0.239. The molecular weight excluding hydrogens is 438 g/mol. The summed E-state index contributed by atoms with van der Waals surface area (Å²) in [5, 5.41) is 4.11. The minimum Gasteiger partial charge on any atom is -0.486 e. The molecule has 2 aliphatic rings. The van der Waals surface area contributed by atoms with Gasteiger partial charge in [0.15, 0.2) is 11.5 Å². The second-order valence-electron chi connectivity index (χ2n) is 9.18. The van der Waals surface area contributed by atoms with Gasteiger partial charge in [-0.3, -0.25) is 9.69 Å². The largest absolute Gasteiger partial charge is 0.486 e. The summed E-state index contributed by atoms with van der Waals surface area (Å²) in [6.07, 6.45) is 5.22. The minimum atomic E-state index is -0.239. The molecule has 1 amide bonds. The summed E-state index contributed by atoms with van der Waals surface area (Å²) in [7, 11) is 0. The quantitative estimate of drug-likeness (QED) is 0.403. The lowest BCUT2D eigenvalue weighted by molar-refractivity contribution is 0.0955. The van der Waals surface area contributed by atoms with E-state index in [9.17, 15) is 4.79 Å². The molecule has 0 aliphatic carbocycles. The number of likely N-dealkylation sites (tertiary alicyclic amines) is 1. The van der Waals surface area contributed by atoms with Gasteiger partial charge in [-0.25, -0.2) is 5.43 Å². The van der Waals surface area contributed by atoms with Crippen LogP contribution >= 0.6 is 0 Å². The van der Waals surface area contributed by atoms with Crippen LogP contribution in [-0.2, 0) is 13.0 Å². The standard InChI is InChI=1S/C29H31N3O3/c33-29(31-30-20-26-7-4-8-27-28(26)35-18-17-34-27)25-11-9-24(10-12-25)21-32-15-13-23(14-16-32)19-22-5-2-1-3-6-22/h1-12,20,23H,13-19,21H2,(H,31,33)/b30-20-. The zero-order valence-electron chi connectivity index (χ0n) is 19.9. The SMILES string of the molecule is O=C(N/N=C\c1cccc2c1OCCO2)c1ccc(CN2CCC(Cc3ccccc3)CC2)cc1. The highest BCUT2D eigenvalue weighted by Gasteiger charge is 2.20. The van der Waals surface area contributed by atoms with Gasteiger partial charge in [0, 0.05) is 17.7 Å². The number of ether oxygens (including phenoxy) is 2. The molecule has 0 radical (unpaired) electrons. The predicted octanol–water partition coefficient (Wildman–Crippen LogP) is 4.68. The fraction of sp³-hybridized carbons (Fsp3) is 0.310. The van der Waals surface area contributed by atoms with E-state index < -0.39 is 0 Å². The number of hydrogen-bond acceptors (Lipinski definition) is 5. The number of carbonyl (C=O) groups excluding carboxylic acids is 1. The van der Waals surface area contributed by atoms with Crippen molar-refractivity contribution in [2.45, 2.75) is 25.8 Å². The number of benzene rings is 3. The van der Waals surface area contributed by atoms with Gasteiger partial charge in [0.05, 0.1) is 6.21 Å². The summed E-state index contributed by atoms with van der Waals surface area (Å²) in [6.45, 7) is 4.19. The van der Waals surface area contributed by atoms with Gasteiger partial charge >= 0.3 is 0 Å². The Bertz CT molecular complexity index is 1150. The first-order valence-electron chi connectivity index (χ1n) is 12.3. The summed E-state index contributed by atoms with van der Waals surface area (Å²) >= 11 is 0. The van der Waals surface area contributed by atoms with Gasteiger partial charge in [0.2, 0.25) is 0 Å². The molecule has 180 valence electrons. The van der Waals surface area contributed by atoms with Gasteiger partial charge in [-0.2, -0.15) is 5.10 Å². The molecule has 2 aliphatic heterocycles. The Labute approximate surface area is 206 Å². The van der Waals surface area contributed by atoms with E-state index in [4.69, 9.17) is 9.47 Å². The Balaban J connectivity index is 1.09. The monoisotopic (exact) mass is 469 g/mol. The maximum Gasteiger partial charge on any atom is 0.271 e. The van der Waals surface area contributed by atoms with E-state index in [0.29, 0.717) is 30.3 Å². The highest BCUT2D eigenvalue weighted by molar-refractivity contribution is 5.95. The first kappa shape index (κ1) is 23.1. The van der Waals surface area contributed by atoms with Crippen LogP contribution in [0, 0.1) is 5.92 Å². The van der Waals surface area contributed by atoms with Crippen molar-refractivity contribution in [3.8, 4) is 11.5 Å². The van der Waals surface area contributed by atoms with Crippen molar-refractivity contribution in [2.24, 2.45) is 11.0 Å². The van der Waals surface area contributed by atoms with E-state index in [0.717, 1.165) is 31.1 Å². The first-order valence-corrected chi connectivity index (χ1v) is 12.3. The molecule has 1 N–H and O–H groups in total. The third kappa shape index (κ3) is 6.08. The zero-order valence-corrected chi connectivity index (χ0v) is 19.9. The summed E-state index contributed by atoms with van der Waals surface area (Å²) < 4.78 is 11.2. The van der Waals surface area contributed by atoms with E-state index >= 15 is 0 Å². The maximum atomic E-state index is 12.5. The average Bonchev–Trinajstić information content (AvgIpc) is 2.91. The second kappa shape index (κ2) is 11.2. The summed E-state index contributed by atoms with van der Waals surface area (Å²) in [5.41, 5.74) is 6.62. The summed E-state index contributed by atoms with van der Waals surface area (Å²) in [4.78, 5) is 15.0. The van der Waals surface area contributed by atoms with Crippen LogP contribution in [0.15, 0.2) is 77.9 Å². The Morgan fingerprint density at radius 2 is 1.69 bits per heavy atom. The fourth-order valence-corrected chi connectivity index (χ4v) is 4.74. The van der Waals surface area contributed by atoms with Crippen molar-refractivity contribution in [2.75, 3.05) is 26.3 Å². The molecule has 1 fully saturated rings. The van der Waals surface area contributed by atoms with Crippen molar-refractivity contribution in [3.05, 3.63) is 95.1 Å². The van der Waals surface area contributed by atoms with Gasteiger partial charge in [-0.15, -0.1) is 0 Å². The number of amides is 1. The number of hydrazone groups is 1. The number of carbonyl (C=O) groups is 1. The normalized spacial score (nSPS) is 16.3. The van der Waals surface area contributed by atoms with Gasteiger partial charge in [-0.05, 0) is 73.7 Å². The van der Waals surface area contributed by atoms with E-state index in [1.807, 2.05) is 42.5 Å². The number of hydrogen-bond donors (Lipinski definition) is 1. The van der Waals surface area contributed by atoms with Crippen LogP contribution in [0.5, 0.6) is 11.5 Å². The first-order chi connectivity index (χ1) is 17.2. The number of para-hydroxylation sites is 1. The van der Waals surface area contributed by atoms with Crippen molar-refractivity contribution in [1.29, 1.82) is 0 Å². The lowest BCUT2D eigenvalue weighted by atomic mass is 9.90. The molecule has 2 heterocycles. The number of nitrogens with zero attached hydrogens (tertiary/aromatic N) is 2. The number of nitrogens with one attached hydrogen (secondary N) is 1. The smallest absolute Gasteiger partial charge is 0.271 e. The molecule has 0 spiro atoms. The summed E-state index contributed by atoms with van der Waals surface area (Å²) in [5.74, 6) is 1.88. The zero-order chi connectivity index (χ0) is 23.9. The highest BCUT2D eigenvalue weighted by atomic mass is 16.6. The number of rotatable bonds is 7. The van der Waals surface area contributed by atoms with Gasteiger partial charge in [0.25, 0.3) is 5.91 Å². The third-order valence-corrected chi connectivity index (χ3v) is 6.66. The van der Waals surface area contributed by atoms with Crippen LogP contribution in [-0.4, -0.2) is 43.3 Å². The molecule has 5 rings (SSSR count). The second-order valence-corrected chi connectivity index (χ2v) is 9.18. The fourth-order valence-electron chi connectivity index (χ4n) is 4.74. The Morgan fingerprint density at radius 3 is 2.49 bits per heavy atom. The van der Waals surface area contributed by atoms with Crippen molar-refractivity contribution in [3.63, 3.8) is 0 Å². The van der Waals surface area contributed by atoms with Crippen molar-refractivity contribution in [1.82, 2.24) is 10.3 Å². The van der Waals surface area contributed by atoms with E-state index in [-0.39, 0.29) is 5.91 Å². The molecule has 6 heteroatoms. The summed E-state index contributed by atoms with van der Waals surface area (Å²) in [6, 6.07) is 24.2. The van der Waals surface area contributed by atoms with Crippen LogP contribution in [0.25, 0.3) is 0 Å². The van der Waals surface area contributed by atoms with Gasteiger partial charge in [-0.1, -0.05) is 48.5 Å². The number of fused-ring (bicyclic) bond motifs is 1. The Hall–Kier alpha value is -3.64. The van der Waals surface area contributed by atoms with E-state index in [2.05, 4.69) is 45.8 Å². The molecule has 0 unspecified atom stereocenters. The highest BCUT2D eigenvalue weighted by Crippen LogP contribution is 2.32. The average molecular weight is 470 g/mol. The van der Waals surface area contributed by atoms with Crippen LogP contribution in [0.3, 0.4) is 0 Å². The molecule has 1 saturated heterocycles. The Morgan fingerprint density at radius 1 is 0.914 bits per heavy atom. The van der Waals surface area contributed by atoms with E-state index in [1.165, 1.54) is 30.4 Å². The maximum absolute atomic E-state index is 12.5. The lowest BCUT2D eigenvalue weighted by Crippen LogP contribution is -2.33. The van der Waals surface area contributed by atoms with Crippen LogP contribution in [0.1, 0.15) is 39.9 Å². The predicted molar refractivity (Wildman–Crippen MR) is 137 cm³/mol. The number of piperidine rings is 1. The van der Waals surface area contributed by atoms with Crippen molar-refractivity contribution >= 4 is 12.1 Å². The van der Waals surface area contributed by atoms with E-state index in [1.54, 1.807) is 6.21 Å². The molecule has 35 heavy (non-hydrogen) atoms. The van der Waals surface area contributed by atoms with Crippen LogP contribution in [0.4, 0.5) is 0 Å². The Kier molecular flexibility index (Phi) is 7.39. The lowest BCUT2D eigenvalue weighted by Gasteiger charge is -2.32. The molecule has 0 bridgehead atoms. The molecule has 6 nitrogen and oxygen atoms in total. The molecule has 3 aromatic carbocycles. The molecule has 0 saturated carbocycles. The van der Waals surface area contributed by atoms with Gasteiger partial charge < -0.3 is 9.47 Å². The molecule has 0 atom stereocenters. The molecule has 3 aromatic rings. The van der Waals surface area contributed by atoms with Crippen LogP contribution < -0.4 is 14.9 Å². The molecule has 0 aromatic heterocycles.